The SMILES string of the molecule is COc1cc(OC)c(OC)cc1/C=N/Nc1ccc(S(N)(=O)=O)cc1[N+](=O)[O-]. The number of nitrogens with zero attached hydrogens (tertiary/aromatic N) is 2. The van der Waals surface area contributed by atoms with Crippen molar-refractivity contribution in [1.29, 1.82) is 0 Å². The summed E-state index contributed by atoms with van der Waals surface area (Å²) in [5.41, 5.74) is 2.50. The summed E-state index contributed by atoms with van der Waals surface area (Å²) in [4.78, 5) is 10.1. The molecule has 0 aliphatic rings. The van der Waals surface area contributed by atoms with Crippen LogP contribution < -0.4 is 24.8 Å². The van der Waals surface area contributed by atoms with Gasteiger partial charge in [-0.25, -0.2) is 13.6 Å². The molecule has 2 rings (SSSR count). The fourth-order valence-electron chi connectivity index (χ4n) is 2.26. The molecule has 2 aromatic carbocycles. The number of methoxy groups -OCH3 is 3. The molecule has 0 aromatic heterocycles. The van der Waals surface area contributed by atoms with Crippen LogP contribution in [0.15, 0.2) is 40.3 Å². The lowest BCUT2D eigenvalue weighted by molar-refractivity contribution is -0.384. The maximum absolute atomic E-state index is 11.4. The number of nitrogens with one attached hydrogen (secondary N) is 1. The number of anilines is 1. The fourth-order valence-corrected chi connectivity index (χ4v) is 2.79. The Balaban J connectivity index is 2.36. The Morgan fingerprint density at radius 1 is 1.07 bits per heavy atom. The number of rotatable bonds is 8. The van der Waals surface area contributed by atoms with Crippen LogP contribution in [0.5, 0.6) is 17.2 Å². The van der Waals surface area contributed by atoms with Crippen molar-refractivity contribution in [3.8, 4) is 17.2 Å². The largest absolute Gasteiger partial charge is 0.496 e. The summed E-state index contributed by atoms with van der Waals surface area (Å²) in [6.07, 6.45) is 1.36. The molecular weight excluding hydrogens is 392 g/mol. The van der Waals surface area contributed by atoms with Crippen molar-refractivity contribution in [2.45, 2.75) is 4.90 Å². The molecule has 0 heterocycles. The number of nitro benzene ring substituents is 1. The van der Waals surface area contributed by atoms with Crippen molar-refractivity contribution in [2.75, 3.05) is 26.8 Å². The predicted octanol–water partition coefficient (Wildman–Crippen LogP) is 1.71. The van der Waals surface area contributed by atoms with Crippen LogP contribution in [0.4, 0.5) is 11.4 Å². The Labute approximate surface area is 160 Å². The van der Waals surface area contributed by atoms with Gasteiger partial charge in [0.05, 0.1) is 37.4 Å². The number of hydrogen-bond acceptors (Lipinski definition) is 9. The molecule has 0 aliphatic heterocycles. The van der Waals surface area contributed by atoms with Crippen LogP contribution in [0, 0.1) is 10.1 Å². The van der Waals surface area contributed by atoms with Crippen LogP contribution in [0.2, 0.25) is 0 Å². The first-order valence-electron chi connectivity index (χ1n) is 7.61. The van der Waals surface area contributed by atoms with Crippen LogP contribution in [-0.4, -0.2) is 40.9 Å². The van der Waals surface area contributed by atoms with Crippen LogP contribution in [0.3, 0.4) is 0 Å². The van der Waals surface area contributed by atoms with Crippen molar-refractivity contribution in [1.82, 2.24) is 0 Å². The van der Waals surface area contributed by atoms with Gasteiger partial charge >= 0.3 is 0 Å². The predicted molar refractivity (Wildman–Crippen MR) is 102 cm³/mol. The average molecular weight is 410 g/mol. The highest BCUT2D eigenvalue weighted by atomic mass is 32.2. The minimum Gasteiger partial charge on any atom is -0.496 e. The second-order valence-electron chi connectivity index (χ2n) is 5.30. The molecule has 150 valence electrons. The quantitative estimate of drug-likeness (QED) is 0.378. The van der Waals surface area contributed by atoms with Gasteiger partial charge in [0.15, 0.2) is 11.5 Å². The van der Waals surface area contributed by atoms with Crippen molar-refractivity contribution in [3.05, 3.63) is 46.0 Å². The number of nitrogens with two attached hydrogens (primary N) is 1. The van der Waals surface area contributed by atoms with Crippen molar-refractivity contribution >= 4 is 27.6 Å². The molecule has 0 aliphatic carbocycles. The number of nitro groups is 1. The summed E-state index contributed by atoms with van der Waals surface area (Å²) in [6.45, 7) is 0. The first-order valence-corrected chi connectivity index (χ1v) is 9.16. The van der Waals surface area contributed by atoms with Gasteiger partial charge in [-0.2, -0.15) is 5.10 Å². The second kappa shape index (κ2) is 8.54. The molecule has 28 heavy (non-hydrogen) atoms. The molecule has 0 atom stereocenters. The van der Waals surface area contributed by atoms with Crippen molar-refractivity contribution in [3.63, 3.8) is 0 Å². The van der Waals surface area contributed by atoms with Gasteiger partial charge in [0.2, 0.25) is 10.0 Å². The molecule has 0 spiro atoms. The number of primary sulfonamides is 1. The molecule has 0 amide bonds. The van der Waals surface area contributed by atoms with Gasteiger partial charge < -0.3 is 14.2 Å². The van der Waals surface area contributed by atoms with Gasteiger partial charge in [-0.15, -0.1) is 0 Å². The zero-order chi connectivity index (χ0) is 20.9. The Hall–Kier alpha value is -3.38. The molecule has 11 nitrogen and oxygen atoms in total. The average Bonchev–Trinajstić information content (AvgIpc) is 2.66. The van der Waals surface area contributed by atoms with Gasteiger partial charge in [0, 0.05) is 17.7 Å². The normalized spacial score (nSPS) is 11.3. The molecule has 0 fully saturated rings. The third-order valence-electron chi connectivity index (χ3n) is 3.62. The fraction of sp³-hybridized carbons (Fsp3) is 0.188. The summed E-state index contributed by atoms with van der Waals surface area (Å²) >= 11 is 0. The van der Waals surface area contributed by atoms with Crippen molar-refractivity contribution < 1.29 is 27.6 Å². The number of hydrazone groups is 1. The Morgan fingerprint density at radius 2 is 1.68 bits per heavy atom. The lowest BCUT2D eigenvalue weighted by Gasteiger charge is -2.11. The lowest BCUT2D eigenvalue weighted by atomic mass is 10.2. The third kappa shape index (κ3) is 4.66. The molecule has 0 unspecified atom stereocenters. The van der Waals surface area contributed by atoms with E-state index in [2.05, 4.69) is 10.5 Å². The first-order chi connectivity index (χ1) is 13.2. The van der Waals surface area contributed by atoms with E-state index in [0.29, 0.717) is 22.8 Å². The van der Waals surface area contributed by atoms with E-state index >= 15 is 0 Å². The van der Waals surface area contributed by atoms with Gasteiger partial charge in [-0.3, -0.25) is 15.5 Å². The Bertz CT molecular complexity index is 1020. The standard InChI is InChI=1S/C16H18N4O7S/c1-25-14-8-16(27-3)15(26-2)6-10(14)9-18-19-12-5-4-11(28(17,23)24)7-13(12)20(21)22/h4-9,19H,1-3H3,(H2,17,23,24)/b18-9+. The molecule has 12 heteroatoms. The van der Waals surface area contributed by atoms with E-state index in [1.165, 1.54) is 33.6 Å². The summed E-state index contributed by atoms with van der Waals surface area (Å²) in [7, 11) is 0.341. The highest BCUT2D eigenvalue weighted by Crippen LogP contribution is 2.34. The number of benzene rings is 2. The molecule has 0 saturated heterocycles. The summed E-state index contributed by atoms with van der Waals surface area (Å²) in [5.74, 6) is 1.33. The minimum atomic E-state index is -4.08. The second-order valence-corrected chi connectivity index (χ2v) is 6.86. The summed E-state index contributed by atoms with van der Waals surface area (Å²) < 4.78 is 38.4. The monoisotopic (exact) mass is 410 g/mol. The van der Waals surface area contributed by atoms with Crippen LogP contribution in [0.1, 0.15) is 5.56 Å². The summed E-state index contributed by atoms with van der Waals surface area (Å²) in [5, 5.41) is 20.2. The van der Waals surface area contributed by atoms with Crippen LogP contribution >= 0.6 is 0 Å². The number of ether oxygens (including phenoxy) is 3. The smallest absolute Gasteiger partial charge is 0.295 e. The van der Waals surface area contributed by atoms with Gasteiger partial charge in [0.25, 0.3) is 5.69 Å². The zero-order valence-corrected chi connectivity index (χ0v) is 16.0. The maximum Gasteiger partial charge on any atom is 0.295 e. The Kier molecular flexibility index (Phi) is 6.38. The lowest BCUT2D eigenvalue weighted by Crippen LogP contribution is -2.12. The van der Waals surface area contributed by atoms with E-state index in [0.717, 1.165) is 12.1 Å². The van der Waals surface area contributed by atoms with Gasteiger partial charge in [0.1, 0.15) is 11.4 Å². The third-order valence-corrected chi connectivity index (χ3v) is 4.53. The maximum atomic E-state index is 11.4. The molecule has 3 N–H and O–H groups in total. The van der Waals surface area contributed by atoms with Crippen LogP contribution in [-0.2, 0) is 10.0 Å². The van der Waals surface area contributed by atoms with E-state index < -0.39 is 20.6 Å². The topological polar surface area (TPSA) is 155 Å². The minimum absolute atomic E-state index is 0.0203. The Morgan fingerprint density at radius 3 is 2.21 bits per heavy atom. The van der Waals surface area contributed by atoms with Crippen molar-refractivity contribution in [2.24, 2.45) is 10.2 Å². The van der Waals surface area contributed by atoms with Gasteiger partial charge in [-0.05, 0) is 18.2 Å². The highest BCUT2D eigenvalue weighted by Gasteiger charge is 2.19. The van der Waals surface area contributed by atoms with Crippen LogP contribution in [0.25, 0.3) is 0 Å². The molecule has 2 aromatic rings. The molecule has 0 saturated carbocycles. The molecule has 0 radical (unpaired) electrons. The molecule has 0 bridgehead atoms. The van der Waals surface area contributed by atoms with E-state index in [4.69, 9.17) is 19.3 Å². The first kappa shape index (κ1) is 20.9. The highest BCUT2D eigenvalue weighted by molar-refractivity contribution is 7.89. The van der Waals surface area contributed by atoms with E-state index in [1.54, 1.807) is 12.1 Å². The number of hydrogen-bond donors (Lipinski definition) is 2. The van der Waals surface area contributed by atoms with E-state index in [1.807, 2.05) is 0 Å². The van der Waals surface area contributed by atoms with E-state index in [9.17, 15) is 18.5 Å². The van der Waals surface area contributed by atoms with Gasteiger partial charge in [-0.1, -0.05) is 0 Å². The number of sulfonamides is 1. The summed E-state index contributed by atoms with van der Waals surface area (Å²) in [6, 6.07) is 6.40. The molecular formula is C16H18N4O7S. The zero-order valence-electron chi connectivity index (χ0n) is 15.2. The van der Waals surface area contributed by atoms with E-state index in [-0.39, 0.29) is 10.6 Å².